The lowest BCUT2D eigenvalue weighted by atomic mass is 10.1. The number of hydrogen-bond donors (Lipinski definition) is 1. The van der Waals surface area contributed by atoms with E-state index in [1.54, 1.807) is 6.92 Å². The fourth-order valence-corrected chi connectivity index (χ4v) is 2.22. The number of esters is 1. The molecule has 0 saturated heterocycles. The zero-order valence-corrected chi connectivity index (χ0v) is 11.7. The van der Waals surface area contributed by atoms with Crippen molar-refractivity contribution in [2.75, 3.05) is 6.61 Å². The zero-order valence-electron chi connectivity index (χ0n) is 11.7. The van der Waals surface area contributed by atoms with Crippen molar-refractivity contribution in [3.05, 3.63) is 51.6 Å². The predicted molar refractivity (Wildman–Crippen MR) is 75.7 cm³/mol. The molecule has 1 aromatic carbocycles. The van der Waals surface area contributed by atoms with Crippen LogP contribution in [0.4, 0.5) is 13.2 Å². The van der Waals surface area contributed by atoms with Gasteiger partial charge in [-0.3, -0.25) is 4.79 Å². The number of halogens is 3. The van der Waals surface area contributed by atoms with E-state index in [0.29, 0.717) is 0 Å². The summed E-state index contributed by atoms with van der Waals surface area (Å²) in [5.74, 6) is -5.31. The van der Waals surface area contributed by atoms with Crippen molar-refractivity contribution in [2.24, 2.45) is 0 Å². The van der Waals surface area contributed by atoms with E-state index in [1.165, 1.54) is 0 Å². The Morgan fingerprint density at radius 2 is 2.00 bits per heavy atom. The van der Waals surface area contributed by atoms with Crippen LogP contribution in [0.15, 0.2) is 23.1 Å². The van der Waals surface area contributed by atoms with E-state index in [2.05, 4.69) is 9.97 Å². The normalized spacial score (nSPS) is 11.1. The molecule has 0 unspecified atom stereocenters. The Hall–Kier alpha value is -2.90. The SMILES string of the molecule is CCOC(=O)c1c[nH]c2nc3c(F)c(F)c(F)cc3cc2c1=O. The number of nitrogens with one attached hydrogen (secondary N) is 1. The molecular weight excluding hydrogens is 313 g/mol. The third-order valence-corrected chi connectivity index (χ3v) is 3.28. The molecule has 0 aliphatic rings. The number of benzene rings is 1. The fraction of sp³-hybridized carbons (Fsp3) is 0.133. The quantitative estimate of drug-likeness (QED) is 0.447. The molecule has 0 aliphatic carbocycles. The molecule has 3 rings (SSSR count). The number of aromatic amines is 1. The second-order valence-corrected chi connectivity index (χ2v) is 4.69. The van der Waals surface area contributed by atoms with Crippen LogP contribution in [-0.4, -0.2) is 22.5 Å². The summed E-state index contributed by atoms with van der Waals surface area (Å²) in [5, 5.41) is -0.158. The van der Waals surface area contributed by atoms with Crippen LogP contribution in [0.5, 0.6) is 0 Å². The van der Waals surface area contributed by atoms with E-state index in [0.717, 1.165) is 18.3 Å². The highest BCUT2D eigenvalue weighted by Crippen LogP contribution is 2.23. The molecule has 0 saturated carbocycles. The van der Waals surface area contributed by atoms with Gasteiger partial charge in [-0.1, -0.05) is 0 Å². The van der Waals surface area contributed by atoms with Gasteiger partial charge in [-0.2, -0.15) is 0 Å². The van der Waals surface area contributed by atoms with Crippen LogP contribution < -0.4 is 5.43 Å². The van der Waals surface area contributed by atoms with Crippen LogP contribution in [0.2, 0.25) is 0 Å². The molecule has 0 atom stereocenters. The van der Waals surface area contributed by atoms with E-state index < -0.39 is 34.4 Å². The minimum atomic E-state index is -1.64. The lowest BCUT2D eigenvalue weighted by Gasteiger charge is -2.06. The van der Waals surface area contributed by atoms with Crippen LogP contribution in [-0.2, 0) is 4.74 Å². The summed E-state index contributed by atoms with van der Waals surface area (Å²) < 4.78 is 45.1. The Morgan fingerprint density at radius 1 is 1.26 bits per heavy atom. The third-order valence-electron chi connectivity index (χ3n) is 3.28. The van der Waals surface area contributed by atoms with E-state index in [-0.39, 0.29) is 28.6 Å². The summed E-state index contributed by atoms with van der Waals surface area (Å²) in [6.07, 6.45) is 1.08. The van der Waals surface area contributed by atoms with Gasteiger partial charge in [0.25, 0.3) is 0 Å². The predicted octanol–water partition coefficient (Wildman–Crippen LogP) is 2.67. The highest BCUT2D eigenvalue weighted by Gasteiger charge is 2.18. The van der Waals surface area contributed by atoms with Crippen LogP contribution >= 0.6 is 0 Å². The molecule has 23 heavy (non-hydrogen) atoms. The number of aromatic nitrogens is 2. The average Bonchev–Trinajstić information content (AvgIpc) is 2.52. The maximum absolute atomic E-state index is 13.8. The van der Waals surface area contributed by atoms with Gasteiger partial charge in [0.2, 0.25) is 5.43 Å². The van der Waals surface area contributed by atoms with Crippen molar-refractivity contribution in [1.82, 2.24) is 9.97 Å². The molecule has 0 radical (unpaired) electrons. The van der Waals surface area contributed by atoms with Crippen LogP contribution in [0, 0.1) is 17.5 Å². The molecule has 2 heterocycles. The maximum Gasteiger partial charge on any atom is 0.343 e. The first kappa shape index (κ1) is 15.0. The summed E-state index contributed by atoms with van der Waals surface area (Å²) >= 11 is 0. The van der Waals surface area contributed by atoms with Crippen molar-refractivity contribution in [3.8, 4) is 0 Å². The Balaban J connectivity index is 2.34. The van der Waals surface area contributed by atoms with Crippen LogP contribution in [0.25, 0.3) is 21.9 Å². The third kappa shape index (κ3) is 2.32. The molecule has 0 amide bonds. The number of carbonyl (C=O) groups is 1. The van der Waals surface area contributed by atoms with E-state index in [1.807, 2.05) is 0 Å². The highest BCUT2D eigenvalue weighted by atomic mass is 19.2. The van der Waals surface area contributed by atoms with E-state index in [4.69, 9.17) is 4.74 Å². The highest BCUT2D eigenvalue weighted by molar-refractivity contribution is 5.96. The number of rotatable bonds is 2. The standard InChI is InChI=1S/C15H9F3N2O3/c1-2-23-15(22)8-5-19-14-7(13(8)21)3-6-4-9(16)10(17)11(18)12(6)20-14/h3-5H,2H2,1H3,(H,19,20,21). The Kier molecular flexibility index (Phi) is 3.51. The first-order valence-corrected chi connectivity index (χ1v) is 6.60. The van der Waals surface area contributed by atoms with Gasteiger partial charge < -0.3 is 9.72 Å². The van der Waals surface area contributed by atoms with Crippen molar-refractivity contribution < 1.29 is 22.7 Å². The summed E-state index contributed by atoms with van der Waals surface area (Å²) in [5.41, 5.74) is -1.43. The molecule has 118 valence electrons. The number of carbonyl (C=O) groups excluding carboxylic acids is 1. The molecular formula is C15H9F3N2O3. The molecule has 0 aliphatic heterocycles. The number of nitrogens with zero attached hydrogens (tertiary/aromatic N) is 1. The Labute approximate surface area is 126 Å². The maximum atomic E-state index is 13.8. The number of fused-ring (bicyclic) bond motifs is 2. The fourth-order valence-electron chi connectivity index (χ4n) is 2.22. The largest absolute Gasteiger partial charge is 0.462 e. The molecule has 5 nitrogen and oxygen atoms in total. The number of H-pyrrole nitrogens is 1. The van der Waals surface area contributed by atoms with Gasteiger partial charge in [-0.25, -0.2) is 22.9 Å². The second-order valence-electron chi connectivity index (χ2n) is 4.69. The van der Waals surface area contributed by atoms with Gasteiger partial charge in [-0.15, -0.1) is 0 Å². The topological polar surface area (TPSA) is 72.1 Å². The average molecular weight is 322 g/mol. The summed E-state index contributed by atoms with van der Waals surface area (Å²) in [4.78, 5) is 30.4. The molecule has 3 aromatic rings. The second kappa shape index (κ2) is 5.38. The minimum absolute atomic E-state index is 0.0551. The number of hydrogen-bond acceptors (Lipinski definition) is 4. The van der Waals surface area contributed by atoms with Crippen molar-refractivity contribution in [2.45, 2.75) is 6.92 Å². The minimum Gasteiger partial charge on any atom is -0.462 e. The van der Waals surface area contributed by atoms with Gasteiger partial charge in [0.15, 0.2) is 17.5 Å². The molecule has 2 aromatic heterocycles. The summed E-state index contributed by atoms with van der Waals surface area (Å²) in [7, 11) is 0. The zero-order chi connectivity index (χ0) is 16.7. The Morgan fingerprint density at radius 3 is 2.70 bits per heavy atom. The molecule has 8 heteroatoms. The molecule has 0 bridgehead atoms. The first-order valence-electron chi connectivity index (χ1n) is 6.60. The van der Waals surface area contributed by atoms with Crippen LogP contribution in [0.1, 0.15) is 17.3 Å². The van der Waals surface area contributed by atoms with Gasteiger partial charge in [0, 0.05) is 11.6 Å². The monoisotopic (exact) mass is 322 g/mol. The summed E-state index contributed by atoms with van der Waals surface area (Å²) in [6, 6.07) is 1.88. The van der Waals surface area contributed by atoms with Crippen molar-refractivity contribution in [1.29, 1.82) is 0 Å². The van der Waals surface area contributed by atoms with E-state index >= 15 is 0 Å². The number of ether oxygens (including phenoxy) is 1. The molecule has 0 spiro atoms. The smallest absolute Gasteiger partial charge is 0.343 e. The summed E-state index contributed by atoms with van der Waals surface area (Å²) in [6.45, 7) is 1.67. The lowest BCUT2D eigenvalue weighted by Crippen LogP contribution is -2.18. The lowest BCUT2D eigenvalue weighted by molar-refractivity contribution is 0.0524. The molecule has 0 fully saturated rings. The van der Waals surface area contributed by atoms with Gasteiger partial charge in [0.05, 0.1) is 12.0 Å². The van der Waals surface area contributed by atoms with E-state index in [9.17, 15) is 22.8 Å². The van der Waals surface area contributed by atoms with Crippen molar-refractivity contribution in [3.63, 3.8) is 0 Å². The van der Waals surface area contributed by atoms with Gasteiger partial charge >= 0.3 is 5.97 Å². The number of pyridine rings is 2. The molecule has 1 N–H and O–H groups in total. The first-order chi connectivity index (χ1) is 10.9. The van der Waals surface area contributed by atoms with Crippen LogP contribution in [0.3, 0.4) is 0 Å². The van der Waals surface area contributed by atoms with Crippen molar-refractivity contribution >= 4 is 27.9 Å². The van der Waals surface area contributed by atoms with Gasteiger partial charge in [0.1, 0.15) is 16.7 Å². The van der Waals surface area contributed by atoms with Gasteiger partial charge in [-0.05, 0) is 19.1 Å². The Bertz CT molecular complexity index is 1010.